The average Bonchev–Trinajstić information content (AvgIpc) is 3.45. The van der Waals surface area contributed by atoms with Gasteiger partial charge in [-0.3, -0.25) is 9.36 Å². The van der Waals surface area contributed by atoms with Crippen LogP contribution in [0.5, 0.6) is 5.75 Å². The van der Waals surface area contributed by atoms with E-state index in [1.807, 2.05) is 30.3 Å². The summed E-state index contributed by atoms with van der Waals surface area (Å²) in [5.74, 6) is 1.98. The third-order valence-corrected chi connectivity index (χ3v) is 7.22. The van der Waals surface area contributed by atoms with Gasteiger partial charge in [-0.05, 0) is 53.6 Å². The van der Waals surface area contributed by atoms with E-state index in [2.05, 4.69) is 45.6 Å². The molecule has 1 aliphatic heterocycles. The second-order valence-corrected chi connectivity index (χ2v) is 9.01. The number of thiophene rings is 1. The van der Waals surface area contributed by atoms with Crippen molar-refractivity contribution >= 4 is 34.1 Å². The number of para-hydroxylation sites is 2. The Morgan fingerprint density at radius 2 is 1.90 bits per heavy atom. The fourth-order valence-corrected chi connectivity index (χ4v) is 5.68. The first kappa shape index (κ1) is 18.4. The van der Waals surface area contributed by atoms with Crippen LogP contribution in [0.3, 0.4) is 0 Å². The molecule has 2 unspecified atom stereocenters. The van der Waals surface area contributed by atoms with E-state index in [0.29, 0.717) is 6.42 Å². The number of hydrogen-bond donors (Lipinski definition) is 1. The Kier molecular flexibility index (Phi) is 4.21. The number of fused-ring (bicyclic) bond motifs is 3. The van der Waals surface area contributed by atoms with Crippen molar-refractivity contribution in [1.29, 1.82) is 0 Å². The summed E-state index contributed by atoms with van der Waals surface area (Å²) >= 11 is 1.69. The van der Waals surface area contributed by atoms with Gasteiger partial charge in [0.2, 0.25) is 5.95 Å². The number of nitrogens with one attached hydrogen (secondary N) is 1. The van der Waals surface area contributed by atoms with E-state index in [4.69, 9.17) is 9.72 Å². The van der Waals surface area contributed by atoms with Crippen LogP contribution < -0.4 is 10.1 Å². The summed E-state index contributed by atoms with van der Waals surface area (Å²) in [5, 5.41) is 5.60. The number of benzene rings is 2. The van der Waals surface area contributed by atoms with Crippen LogP contribution in [0.2, 0.25) is 0 Å². The summed E-state index contributed by atoms with van der Waals surface area (Å²) in [6.45, 7) is 0. The molecule has 3 heterocycles. The van der Waals surface area contributed by atoms with Gasteiger partial charge >= 0.3 is 0 Å². The standard InChI is InChI=1S/C25H21N3O2S/c1-30-17-10-8-15(9-11-17)16-13-19-23(21(29)14-16)24(22-7-4-12-31-22)28-20-6-3-2-5-18(20)26-25(28)27-19/h2-12,16,24H,13-14H2,1H3,(H,26,27). The number of imidazole rings is 1. The Hall–Kier alpha value is -3.38. The number of ketones is 1. The minimum atomic E-state index is -0.136. The maximum Gasteiger partial charge on any atom is 0.209 e. The zero-order valence-electron chi connectivity index (χ0n) is 17.0. The predicted octanol–water partition coefficient (Wildman–Crippen LogP) is 5.52. The van der Waals surface area contributed by atoms with E-state index in [0.717, 1.165) is 50.9 Å². The lowest BCUT2D eigenvalue weighted by molar-refractivity contribution is -0.116. The normalized spacial score (nSPS) is 20.4. The molecular weight excluding hydrogens is 406 g/mol. The molecule has 6 rings (SSSR count). The number of hydrogen-bond acceptors (Lipinski definition) is 5. The molecule has 0 fully saturated rings. The lowest BCUT2D eigenvalue weighted by atomic mass is 9.78. The quantitative estimate of drug-likeness (QED) is 0.468. The Morgan fingerprint density at radius 3 is 2.68 bits per heavy atom. The number of carbonyl (C=O) groups excluding carboxylic acids is 1. The molecule has 0 bridgehead atoms. The maximum atomic E-state index is 13.6. The number of anilines is 1. The first-order valence-corrected chi connectivity index (χ1v) is 11.3. The molecule has 31 heavy (non-hydrogen) atoms. The molecule has 2 aromatic heterocycles. The topological polar surface area (TPSA) is 56.1 Å². The number of aromatic nitrogens is 2. The van der Waals surface area contributed by atoms with Crippen molar-refractivity contribution in [1.82, 2.24) is 9.55 Å². The molecule has 5 nitrogen and oxygen atoms in total. The van der Waals surface area contributed by atoms with Crippen molar-refractivity contribution < 1.29 is 9.53 Å². The summed E-state index contributed by atoms with van der Waals surface area (Å²) < 4.78 is 7.47. The first-order valence-electron chi connectivity index (χ1n) is 10.4. The minimum absolute atomic E-state index is 0.136. The van der Waals surface area contributed by atoms with E-state index in [-0.39, 0.29) is 17.7 Å². The van der Waals surface area contributed by atoms with Crippen LogP contribution >= 0.6 is 11.3 Å². The molecule has 6 heteroatoms. The van der Waals surface area contributed by atoms with Crippen molar-refractivity contribution in [3.8, 4) is 5.75 Å². The van der Waals surface area contributed by atoms with Gasteiger partial charge in [-0.15, -0.1) is 11.3 Å². The van der Waals surface area contributed by atoms with E-state index in [1.54, 1.807) is 18.4 Å². The maximum absolute atomic E-state index is 13.6. The number of methoxy groups -OCH3 is 1. The van der Waals surface area contributed by atoms with Crippen molar-refractivity contribution in [2.24, 2.45) is 0 Å². The molecule has 2 atom stereocenters. The number of allylic oxidation sites excluding steroid dienone is 2. The Labute approximate surface area is 184 Å². The zero-order valence-corrected chi connectivity index (χ0v) is 17.9. The fourth-order valence-electron chi connectivity index (χ4n) is 4.85. The largest absolute Gasteiger partial charge is 0.497 e. The SMILES string of the molecule is COc1ccc(C2CC(=O)C3=C(C2)Nc2nc4ccccc4n2C3c2cccs2)cc1. The van der Waals surface area contributed by atoms with Gasteiger partial charge < -0.3 is 10.1 Å². The average molecular weight is 428 g/mol. The van der Waals surface area contributed by atoms with Crippen LogP contribution in [0.4, 0.5) is 5.95 Å². The highest BCUT2D eigenvalue weighted by molar-refractivity contribution is 7.10. The molecular formula is C25H21N3O2S. The fraction of sp³-hybridized carbons (Fsp3) is 0.200. The predicted molar refractivity (Wildman–Crippen MR) is 123 cm³/mol. The van der Waals surface area contributed by atoms with Gasteiger partial charge in [-0.1, -0.05) is 30.3 Å². The third kappa shape index (κ3) is 2.90. The van der Waals surface area contributed by atoms with Crippen molar-refractivity contribution in [3.05, 3.63) is 87.8 Å². The van der Waals surface area contributed by atoms with Gasteiger partial charge in [0, 0.05) is 22.6 Å². The lowest BCUT2D eigenvalue weighted by Crippen LogP contribution is -2.32. The highest BCUT2D eigenvalue weighted by Gasteiger charge is 2.39. The van der Waals surface area contributed by atoms with Crippen LogP contribution in [0.25, 0.3) is 11.0 Å². The Bertz CT molecular complexity index is 1320. The number of Topliss-reactive ketones (excluding diaryl/α,β-unsaturated/α-hetero) is 1. The highest BCUT2D eigenvalue weighted by atomic mass is 32.1. The molecule has 154 valence electrons. The Balaban J connectivity index is 1.47. The molecule has 0 saturated heterocycles. The van der Waals surface area contributed by atoms with Crippen LogP contribution in [-0.2, 0) is 4.79 Å². The van der Waals surface area contributed by atoms with E-state index in [9.17, 15) is 4.79 Å². The molecule has 1 aliphatic carbocycles. The molecule has 0 amide bonds. The molecule has 4 aromatic rings. The molecule has 0 spiro atoms. The van der Waals surface area contributed by atoms with Crippen molar-refractivity contribution in [2.75, 3.05) is 12.4 Å². The van der Waals surface area contributed by atoms with Gasteiger partial charge in [-0.2, -0.15) is 0 Å². The van der Waals surface area contributed by atoms with Gasteiger partial charge in [0.1, 0.15) is 11.8 Å². The van der Waals surface area contributed by atoms with E-state index >= 15 is 0 Å². The van der Waals surface area contributed by atoms with Crippen LogP contribution in [0, 0.1) is 0 Å². The van der Waals surface area contributed by atoms with Crippen LogP contribution in [-0.4, -0.2) is 22.4 Å². The first-order chi connectivity index (χ1) is 15.2. The summed E-state index contributed by atoms with van der Waals surface area (Å²) in [6.07, 6.45) is 1.30. The molecule has 2 aromatic carbocycles. The Morgan fingerprint density at radius 1 is 1.06 bits per heavy atom. The second kappa shape index (κ2) is 7.10. The number of ether oxygens (including phenoxy) is 1. The van der Waals surface area contributed by atoms with Crippen molar-refractivity contribution in [3.63, 3.8) is 0 Å². The van der Waals surface area contributed by atoms with Crippen LogP contribution in [0.15, 0.2) is 77.3 Å². The van der Waals surface area contributed by atoms with Gasteiger partial charge in [0.05, 0.1) is 18.1 Å². The summed E-state index contributed by atoms with van der Waals surface area (Å²) in [5.41, 5.74) is 5.01. The summed E-state index contributed by atoms with van der Waals surface area (Å²) in [6, 6.07) is 20.2. The smallest absolute Gasteiger partial charge is 0.209 e. The summed E-state index contributed by atoms with van der Waals surface area (Å²) in [7, 11) is 1.67. The van der Waals surface area contributed by atoms with Crippen LogP contribution in [0.1, 0.15) is 35.2 Å². The number of nitrogens with zero attached hydrogens (tertiary/aromatic N) is 2. The van der Waals surface area contributed by atoms with E-state index < -0.39 is 0 Å². The molecule has 0 radical (unpaired) electrons. The van der Waals surface area contributed by atoms with Gasteiger partial charge in [-0.25, -0.2) is 4.98 Å². The van der Waals surface area contributed by atoms with E-state index in [1.165, 1.54) is 0 Å². The van der Waals surface area contributed by atoms with Gasteiger partial charge in [0.15, 0.2) is 5.78 Å². The molecule has 2 aliphatic rings. The summed E-state index contributed by atoms with van der Waals surface area (Å²) in [4.78, 5) is 19.6. The lowest BCUT2D eigenvalue weighted by Gasteiger charge is -2.35. The van der Waals surface area contributed by atoms with Crippen molar-refractivity contribution in [2.45, 2.75) is 24.8 Å². The zero-order chi connectivity index (χ0) is 20.9. The van der Waals surface area contributed by atoms with Gasteiger partial charge in [0.25, 0.3) is 0 Å². The third-order valence-electron chi connectivity index (χ3n) is 6.30. The minimum Gasteiger partial charge on any atom is -0.497 e. The number of rotatable bonds is 3. The highest BCUT2D eigenvalue weighted by Crippen LogP contribution is 2.46. The molecule has 1 N–H and O–H groups in total. The second-order valence-electron chi connectivity index (χ2n) is 8.03. The molecule has 0 saturated carbocycles. The number of carbonyl (C=O) groups is 1. The monoisotopic (exact) mass is 427 g/mol.